The Morgan fingerprint density at radius 1 is 1.33 bits per heavy atom. The van der Waals surface area contributed by atoms with E-state index in [9.17, 15) is 5.21 Å². The Bertz CT molecular complexity index is 431. The Morgan fingerprint density at radius 2 is 1.93 bits per heavy atom. The molecular formula is C9H13N5O. The third-order valence-electron chi connectivity index (χ3n) is 2.54. The second-order valence-corrected chi connectivity index (χ2v) is 3.59. The van der Waals surface area contributed by atoms with Gasteiger partial charge in [-0.2, -0.15) is 5.06 Å². The molecule has 8 N–H and O–H groups in total. The van der Waals surface area contributed by atoms with Crippen molar-refractivity contribution in [3.63, 3.8) is 0 Å². The molecule has 0 bridgehead atoms. The summed E-state index contributed by atoms with van der Waals surface area (Å²) in [6.07, 6.45) is -0.656. The number of fused-ring (bicyclic) bond motifs is 1. The summed E-state index contributed by atoms with van der Waals surface area (Å²) in [5, 5.41) is 18.1. The van der Waals surface area contributed by atoms with E-state index in [1.165, 1.54) is 0 Å². The number of nitrogen functional groups attached to an aromatic ring is 2. The summed E-state index contributed by atoms with van der Waals surface area (Å²) in [6, 6.07) is 3.23. The van der Waals surface area contributed by atoms with Crippen molar-refractivity contribution in [2.45, 2.75) is 6.17 Å². The van der Waals surface area contributed by atoms with E-state index in [0.29, 0.717) is 22.5 Å². The van der Waals surface area contributed by atoms with Gasteiger partial charge in [-0.1, -0.05) is 0 Å². The van der Waals surface area contributed by atoms with E-state index < -0.39 is 6.17 Å². The van der Waals surface area contributed by atoms with Gasteiger partial charge >= 0.3 is 0 Å². The van der Waals surface area contributed by atoms with Crippen molar-refractivity contribution in [2.75, 3.05) is 18.0 Å². The largest absolute Gasteiger partial charge is 0.397 e. The van der Waals surface area contributed by atoms with Crippen molar-refractivity contribution in [1.82, 2.24) is 5.06 Å². The van der Waals surface area contributed by atoms with E-state index >= 15 is 0 Å². The molecule has 2 rings (SSSR count). The lowest BCUT2D eigenvalue weighted by atomic mass is 9.95. The van der Waals surface area contributed by atoms with Gasteiger partial charge in [0.15, 0.2) is 0 Å². The van der Waals surface area contributed by atoms with Crippen molar-refractivity contribution in [3.8, 4) is 0 Å². The molecule has 1 aromatic carbocycles. The quantitative estimate of drug-likeness (QED) is 0.379. The maximum absolute atomic E-state index is 9.45. The van der Waals surface area contributed by atoms with Crippen LogP contribution >= 0.6 is 0 Å². The molecule has 0 spiro atoms. The van der Waals surface area contributed by atoms with Gasteiger partial charge in [0, 0.05) is 5.56 Å². The zero-order valence-corrected chi connectivity index (χ0v) is 8.07. The van der Waals surface area contributed by atoms with E-state index in [1.807, 2.05) is 0 Å². The number of hydrogen-bond acceptors (Lipinski definition) is 6. The Kier molecular flexibility index (Phi) is 2.11. The molecule has 0 amide bonds. The summed E-state index contributed by atoms with van der Waals surface area (Å²) in [5.74, 6) is 0. The maximum atomic E-state index is 9.45. The zero-order valence-electron chi connectivity index (χ0n) is 8.07. The number of hydrogen-bond donors (Lipinski definition) is 5. The van der Waals surface area contributed by atoms with Crippen LogP contribution in [0.25, 0.3) is 0 Å². The second kappa shape index (κ2) is 3.20. The highest BCUT2D eigenvalue weighted by molar-refractivity contribution is 6.03. The third kappa shape index (κ3) is 1.44. The highest BCUT2D eigenvalue weighted by Crippen LogP contribution is 2.29. The molecule has 1 aliphatic heterocycles. The molecule has 80 valence electrons. The van der Waals surface area contributed by atoms with Crippen molar-refractivity contribution < 1.29 is 5.21 Å². The van der Waals surface area contributed by atoms with E-state index in [1.54, 1.807) is 12.1 Å². The first-order valence-corrected chi connectivity index (χ1v) is 4.48. The smallest absolute Gasteiger partial charge is 0.108 e. The maximum Gasteiger partial charge on any atom is 0.108 e. The van der Waals surface area contributed by atoms with Gasteiger partial charge in [-0.05, 0) is 17.7 Å². The van der Waals surface area contributed by atoms with Gasteiger partial charge in [0.25, 0.3) is 0 Å². The molecule has 0 aromatic heterocycles. The summed E-state index contributed by atoms with van der Waals surface area (Å²) >= 11 is 0. The van der Waals surface area contributed by atoms with E-state index in [4.69, 9.17) is 22.6 Å². The lowest BCUT2D eigenvalue weighted by molar-refractivity contribution is -0.116. The first kappa shape index (κ1) is 9.91. The average Bonchev–Trinajstić information content (AvgIpc) is 2.18. The highest BCUT2D eigenvalue weighted by Gasteiger charge is 2.27. The van der Waals surface area contributed by atoms with Crippen LogP contribution in [0, 0.1) is 5.41 Å². The number of rotatable bonds is 0. The van der Waals surface area contributed by atoms with Gasteiger partial charge in [0.2, 0.25) is 0 Å². The number of nitrogens with one attached hydrogen (secondary N) is 1. The normalized spacial score (nSPS) is 21.5. The molecule has 1 aliphatic rings. The fourth-order valence-corrected chi connectivity index (χ4v) is 1.66. The standard InChI is InChI=1S/C9H13N5O/c10-6-1-4-5(2-7(6)11)9(13)14(15)3-8(4)12/h1-2,9,12,15H,3,10-11,13H2. The average molecular weight is 207 g/mol. The van der Waals surface area contributed by atoms with Crippen molar-refractivity contribution in [1.29, 1.82) is 5.41 Å². The van der Waals surface area contributed by atoms with Crippen LogP contribution in [-0.4, -0.2) is 22.5 Å². The number of anilines is 2. The van der Waals surface area contributed by atoms with E-state index in [2.05, 4.69) is 0 Å². The third-order valence-corrected chi connectivity index (χ3v) is 2.54. The van der Waals surface area contributed by atoms with Crippen LogP contribution in [0.15, 0.2) is 12.1 Å². The van der Waals surface area contributed by atoms with Crippen LogP contribution in [-0.2, 0) is 0 Å². The van der Waals surface area contributed by atoms with E-state index in [0.717, 1.165) is 5.06 Å². The van der Waals surface area contributed by atoms with Crippen LogP contribution in [0.4, 0.5) is 11.4 Å². The van der Waals surface area contributed by atoms with Crippen LogP contribution in [0.2, 0.25) is 0 Å². The topological polar surface area (TPSA) is 125 Å². The highest BCUT2D eigenvalue weighted by atomic mass is 16.5. The molecule has 0 fully saturated rings. The van der Waals surface area contributed by atoms with Gasteiger partial charge < -0.3 is 27.8 Å². The van der Waals surface area contributed by atoms with Crippen LogP contribution < -0.4 is 17.2 Å². The number of nitrogens with zero attached hydrogens (tertiary/aromatic N) is 1. The number of hydroxylamine groups is 2. The molecule has 6 heteroatoms. The van der Waals surface area contributed by atoms with Crippen molar-refractivity contribution >= 4 is 17.1 Å². The lowest BCUT2D eigenvalue weighted by Crippen LogP contribution is -2.41. The predicted molar refractivity (Wildman–Crippen MR) is 57.5 cm³/mol. The Morgan fingerprint density at radius 3 is 2.60 bits per heavy atom. The minimum absolute atomic E-state index is 0.0948. The molecular weight excluding hydrogens is 194 g/mol. The summed E-state index contributed by atoms with van der Waals surface area (Å²) in [4.78, 5) is 0. The molecule has 1 unspecified atom stereocenters. The second-order valence-electron chi connectivity index (χ2n) is 3.59. The van der Waals surface area contributed by atoms with Crippen LogP contribution in [0.5, 0.6) is 0 Å². The minimum atomic E-state index is -0.656. The zero-order chi connectivity index (χ0) is 11.2. The molecule has 0 radical (unpaired) electrons. The molecule has 0 aliphatic carbocycles. The predicted octanol–water partition coefficient (Wildman–Crippen LogP) is -0.119. The molecule has 1 atom stereocenters. The Balaban J connectivity index is 2.61. The molecule has 6 nitrogen and oxygen atoms in total. The van der Waals surface area contributed by atoms with Gasteiger partial charge in [0.05, 0.1) is 23.6 Å². The van der Waals surface area contributed by atoms with Gasteiger partial charge in [-0.25, -0.2) is 0 Å². The summed E-state index contributed by atoms with van der Waals surface area (Å²) in [6.45, 7) is 0.0948. The molecule has 0 saturated carbocycles. The fourth-order valence-electron chi connectivity index (χ4n) is 1.66. The first-order chi connectivity index (χ1) is 7.00. The number of benzene rings is 1. The van der Waals surface area contributed by atoms with Crippen molar-refractivity contribution in [2.24, 2.45) is 5.73 Å². The monoisotopic (exact) mass is 207 g/mol. The summed E-state index contributed by atoms with van der Waals surface area (Å²) in [5.41, 5.74) is 19.4. The molecule has 1 aromatic rings. The number of nitrogens with two attached hydrogens (primary N) is 3. The van der Waals surface area contributed by atoms with Crippen LogP contribution in [0.3, 0.4) is 0 Å². The Hall–Kier alpha value is -1.63. The molecule has 15 heavy (non-hydrogen) atoms. The van der Waals surface area contributed by atoms with Gasteiger partial charge in [-0.3, -0.25) is 0 Å². The van der Waals surface area contributed by atoms with Crippen LogP contribution in [0.1, 0.15) is 17.3 Å². The molecule has 0 saturated heterocycles. The lowest BCUT2D eigenvalue weighted by Gasteiger charge is -2.30. The minimum Gasteiger partial charge on any atom is -0.397 e. The SMILES string of the molecule is N=C1CN(O)C(N)c2cc(N)c(N)cc21. The van der Waals surface area contributed by atoms with E-state index in [-0.39, 0.29) is 12.3 Å². The summed E-state index contributed by atoms with van der Waals surface area (Å²) in [7, 11) is 0. The molecule has 1 heterocycles. The van der Waals surface area contributed by atoms with Gasteiger partial charge in [0.1, 0.15) is 6.17 Å². The fraction of sp³-hybridized carbons (Fsp3) is 0.222. The summed E-state index contributed by atoms with van der Waals surface area (Å²) < 4.78 is 0. The van der Waals surface area contributed by atoms with Crippen molar-refractivity contribution in [3.05, 3.63) is 23.3 Å². The Labute approximate surface area is 86.7 Å². The van der Waals surface area contributed by atoms with Gasteiger partial charge in [-0.15, -0.1) is 0 Å². The first-order valence-electron chi connectivity index (χ1n) is 4.48.